The van der Waals surface area contributed by atoms with E-state index in [9.17, 15) is 9.59 Å². The highest BCUT2D eigenvalue weighted by Gasteiger charge is 2.19. The maximum Gasteiger partial charge on any atom is 0.252 e. The minimum Gasteiger partial charge on any atom is -0.348 e. The SMILES string of the molecule is Cc1ccc2ccc(=O)n(CC3OCCO3)c2n1.O=c1ccc2ccc(Cl)nc2n1CC1OCCO1. The number of pyridine rings is 4. The molecule has 4 aromatic heterocycles. The Labute approximate surface area is 211 Å². The molecule has 36 heavy (non-hydrogen) atoms. The smallest absolute Gasteiger partial charge is 0.252 e. The standard InChI is InChI=1S/C13H14N2O3.C12H11ClN2O3/c1-9-2-3-10-4-5-11(16)15(13(10)14-9)8-12-17-6-7-18-12;13-9-3-1-8-2-4-10(16)15(12(8)14-9)7-11-17-5-6-18-11/h2-5,12H,6-8H2,1H3;1-4,11H,5-7H2. The van der Waals surface area contributed by atoms with Gasteiger partial charge in [0.15, 0.2) is 12.6 Å². The second kappa shape index (κ2) is 10.9. The number of aromatic nitrogens is 4. The highest BCUT2D eigenvalue weighted by atomic mass is 35.5. The highest BCUT2D eigenvalue weighted by molar-refractivity contribution is 6.29. The van der Waals surface area contributed by atoms with E-state index in [0.717, 1.165) is 16.5 Å². The van der Waals surface area contributed by atoms with Gasteiger partial charge in [-0.1, -0.05) is 11.6 Å². The van der Waals surface area contributed by atoms with E-state index in [1.807, 2.05) is 25.1 Å². The third kappa shape index (κ3) is 5.48. The molecule has 10 nitrogen and oxygen atoms in total. The molecular weight excluding hydrogens is 488 g/mol. The summed E-state index contributed by atoms with van der Waals surface area (Å²) < 4.78 is 24.6. The lowest BCUT2D eigenvalue weighted by atomic mass is 10.2. The second-order valence-electron chi connectivity index (χ2n) is 8.32. The van der Waals surface area contributed by atoms with Crippen molar-refractivity contribution in [2.45, 2.75) is 32.6 Å². The summed E-state index contributed by atoms with van der Waals surface area (Å²) in [5.74, 6) is 0. The number of halogens is 1. The average molecular weight is 513 g/mol. The van der Waals surface area contributed by atoms with Crippen LogP contribution >= 0.6 is 11.6 Å². The lowest BCUT2D eigenvalue weighted by Crippen LogP contribution is -2.27. The first-order chi connectivity index (χ1) is 17.5. The number of hydrogen-bond donors (Lipinski definition) is 0. The minimum absolute atomic E-state index is 0.0836. The number of nitrogens with zero attached hydrogens (tertiary/aromatic N) is 4. The summed E-state index contributed by atoms with van der Waals surface area (Å²) in [6.07, 6.45) is -0.746. The third-order valence-corrected chi connectivity index (χ3v) is 6.03. The molecule has 2 saturated heterocycles. The topological polar surface area (TPSA) is 107 Å². The van der Waals surface area contributed by atoms with Gasteiger partial charge in [0.25, 0.3) is 11.1 Å². The van der Waals surface area contributed by atoms with E-state index in [0.29, 0.717) is 56.0 Å². The van der Waals surface area contributed by atoms with Gasteiger partial charge >= 0.3 is 0 Å². The van der Waals surface area contributed by atoms with Crippen molar-refractivity contribution >= 4 is 33.7 Å². The van der Waals surface area contributed by atoms with Crippen LogP contribution in [0.3, 0.4) is 0 Å². The van der Waals surface area contributed by atoms with Crippen molar-refractivity contribution in [3.8, 4) is 0 Å². The quantitative estimate of drug-likeness (QED) is 0.384. The third-order valence-electron chi connectivity index (χ3n) is 5.82. The largest absolute Gasteiger partial charge is 0.348 e. The predicted octanol–water partition coefficient (Wildman–Crippen LogP) is 2.50. The lowest BCUT2D eigenvalue weighted by Gasteiger charge is -2.13. The summed E-state index contributed by atoms with van der Waals surface area (Å²) in [7, 11) is 0. The van der Waals surface area contributed by atoms with Crippen LogP contribution < -0.4 is 11.1 Å². The molecule has 0 saturated carbocycles. The van der Waals surface area contributed by atoms with E-state index >= 15 is 0 Å². The van der Waals surface area contributed by atoms with Crippen LogP contribution in [0.25, 0.3) is 22.1 Å². The summed E-state index contributed by atoms with van der Waals surface area (Å²) in [6, 6.07) is 14.0. The van der Waals surface area contributed by atoms with Crippen LogP contribution in [0.4, 0.5) is 0 Å². The van der Waals surface area contributed by atoms with Gasteiger partial charge in [-0.25, -0.2) is 9.97 Å². The Morgan fingerprint density at radius 2 is 1.17 bits per heavy atom. The number of rotatable bonds is 4. The maximum absolute atomic E-state index is 11.9. The van der Waals surface area contributed by atoms with Crippen molar-refractivity contribution in [2.75, 3.05) is 26.4 Å². The Kier molecular flexibility index (Phi) is 7.40. The van der Waals surface area contributed by atoms with Crippen molar-refractivity contribution in [1.82, 2.24) is 19.1 Å². The highest BCUT2D eigenvalue weighted by Crippen LogP contribution is 2.16. The van der Waals surface area contributed by atoms with Gasteiger partial charge in [0.2, 0.25) is 0 Å². The van der Waals surface area contributed by atoms with E-state index in [1.165, 1.54) is 10.6 Å². The summed E-state index contributed by atoms with van der Waals surface area (Å²) >= 11 is 5.87. The van der Waals surface area contributed by atoms with Crippen LogP contribution in [0.1, 0.15) is 5.69 Å². The molecule has 11 heteroatoms. The number of ether oxygens (including phenoxy) is 4. The van der Waals surface area contributed by atoms with Crippen molar-refractivity contribution in [2.24, 2.45) is 0 Å². The Morgan fingerprint density at radius 1 is 0.722 bits per heavy atom. The molecule has 188 valence electrons. The van der Waals surface area contributed by atoms with Gasteiger partial charge in [-0.15, -0.1) is 0 Å². The Bertz CT molecular complexity index is 1380. The van der Waals surface area contributed by atoms with Gasteiger partial charge < -0.3 is 18.9 Å². The molecule has 2 aliphatic rings. The predicted molar refractivity (Wildman–Crippen MR) is 133 cm³/mol. The first-order valence-electron chi connectivity index (χ1n) is 11.6. The van der Waals surface area contributed by atoms with Crippen LogP contribution in [-0.4, -0.2) is 58.1 Å². The van der Waals surface area contributed by atoms with E-state index in [1.54, 1.807) is 28.8 Å². The molecule has 2 aliphatic heterocycles. The molecule has 6 heterocycles. The number of hydrogen-bond acceptors (Lipinski definition) is 8. The number of fused-ring (bicyclic) bond motifs is 2. The summed E-state index contributed by atoms with van der Waals surface area (Å²) in [5.41, 5.74) is 1.89. The van der Waals surface area contributed by atoms with E-state index in [-0.39, 0.29) is 17.4 Å². The van der Waals surface area contributed by atoms with Crippen molar-refractivity contribution in [3.63, 3.8) is 0 Å². The molecule has 4 aromatic rings. The van der Waals surface area contributed by atoms with Gasteiger partial charge in [0.05, 0.1) is 39.5 Å². The van der Waals surface area contributed by atoms with Gasteiger partial charge in [-0.05, 0) is 43.3 Å². The van der Waals surface area contributed by atoms with E-state index < -0.39 is 6.29 Å². The van der Waals surface area contributed by atoms with Crippen LogP contribution in [0.15, 0.2) is 58.1 Å². The molecule has 0 aromatic carbocycles. The fraction of sp³-hybridized carbons (Fsp3) is 0.360. The minimum atomic E-state index is -0.394. The van der Waals surface area contributed by atoms with Crippen LogP contribution in [0.2, 0.25) is 5.15 Å². The fourth-order valence-corrected chi connectivity index (χ4v) is 4.21. The molecule has 0 atom stereocenters. The first kappa shape index (κ1) is 24.5. The second-order valence-corrected chi connectivity index (χ2v) is 8.71. The molecule has 0 aliphatic carbocycles. The monoisotopic (exact) mass is 512 g/mol. The zero-order valence-corrected chi connectivity index (χ0v) is 20.4. The Morgan fingerprint density at radius 3 is 1.69 bits per heavy atom. The Hall–Kier alpha value is -3.15. The molecule has 0 N–H and O–H groups in total. The molecule has 0 unspecified atom stereocenters. The Balaban J connectivity index is 0.000000148. The normalized spacial score (nSPS) is 16.5. The van der Waals surface area contributed by atoms with Crippen molar-refractivity contribution < 1.29 is 18.9 Å². The molecule has 2 fully saturated rings. The van der Waals surface area contributed by atoms with Crippen LogP contribution in [-0.2, 0) is 32.0 Å². The zero-order chi connectivity index (χ0) is 25.1. The molecule has 0 bridgehead atoms. The van der Waals surface area contributed by atoms with Gasteiger partial charge in [0.1, 0.15) is 16.4 Å². The maximum atomic E-state index is 11.9. The van der Waals surface area contributed by atoms with Gasteiger partial charge in [-0.3, -0.25) is 18.7 Å². The molecule has 6 rings (SSSR count). The van der Waals surface area contributed by atoms with Gasteiger partial charge in [0, 0.05) is 28.6 Å². The summed E-state index contributed by atoms with van der Waals surface area (Å²) in [5, 5.41) is 2.16. The molecule has 0 radical (unpaired) electrons. The van der Waals surface area contributed by atoms with E-state index in [4.69, 9.17) is 30.5 Å². The van der Waals surface area contributed by atoms with Crippen molar-refractivity contribution in [3.05, 3.63) is 80.1 Å². The van der Waals surface area contributed by atoms with E-state index in [2.05, 4.69) is 9.97 Å². The molecular formula is C25H25ClN4O6. The van der Waals surface area contributed by atoms with Gasteiger partial charge in [-0.2, -0.15) is 0 Å². The molecule has 0 spiro atoms. The first-order valence-corrected chi connectivity index (χ1v) is 12.0. The molecule has 0 amide bonds. The number of aryl methyl sites for hydroxylation is 1. The van der Waals surface area contributed by atoms with Crippen LogP contribution in [0.5, 0.6) is 0 Å². The summed E-state index contributed by atoms with van der Waals surface area (Å²) in [6.45, 7) is 4.88. The average Bonchev–Trinajstić information content (AvgIpc) is 3.58. The van der Waals surface area contributed by atoms with Crippen molar-refractivity contribution in [1.29, 1.82) is 0 Å². The zero-order valence-electron chi connectivity index (χ0n) is 19.6. The lowest BCUT2D eigenvalue weighted by molar-refractivity contribution is -0.0526. The summed E-state index contributed by atoms with van der Waals surface area (Å²) in [4.78, 5) is 32.5. The fourth-order valence-electron chi connectivity index (χ4n) is 4.07. The van der Waals surface area contributed by atoms with Crippen LogP contribution in [0, 0.1) is 6.92 Å².